The molecule has 1 aliphatic heterocycles. The Bertz CT molecular complexity index is 1230. The number of nitrogens with zero attached hydrogens (tertiary/aromatic N) is 5. The predicted molar refractivity (Wildman–Crippen MR) is 135 cm³/mol. The monoisotopic (exact) mass is 479 g/mol. The van der Waals surface area contributed by atoms with Gasteiger partial charge in [0.25, 0.3) is 0 Å². The van der Waals surface area contributed by atoms with Crippen molar-refractivity contribution in [1.29, 1.82) is 0 Å². The van der Waals surface area contributed by atoms with Gasteiger partial charge in [0.15, 0.2) is 16.8 Å². The molecule has 1 unspecified atom stereocenters. The number of carbonyl (C=O) groups is 1. The second-order valence-corrected chi connectivity index (χ2v) is 10.2. The quantitative estimate of drug-likeness (QED) is 0.351. The molecule has 2 heterocycles. The maximum atomic E-state index is 13.5. The largest absolute Gasteiger partial charge is 0.347 e. The molecule has 1 aromatic heterocycles. The van der Waals surface area contributed by atoms with Crippen LogP contribution in [-0.4, -0.2) is 52.3 Å². The molecule has 3 aromatic rings. The van der Waals surface area contributed by atoms with Crippen LogP contribution in [0.1, 0.15) is 38.2 Å². The minimum atomic E-state index is -0.306. The van der Waals surface area contributed by atoms with Crippen LogP contribution in [0.3, 0.4) is 0 Å². The average molecular weight is 480 g/mol. The molecule has 0 fully saturated rings. The molecular formula is C26H30FN5OS. The summed E-state index contributed by atoms with van der Waals surface area (Å²) >= 11 is 1.34. The van der Waals surface area contributed by atoms with Crippen LogP contribution in [0.5, 0.6) is 0 Å². The second kappa shape index (κ2) is 9.35. The van der Waals surface area contributed by atoms with E-state index in [9.17, 15) is 9.18 Å². The third-order valence-corrected chi connectivity index (χ3v) is 7.42. The number of hydrogen-bond acceptors (Lipinski definition) is 6. The number of hydrogen-bond donors (Lipinski definition) is 0. The van der Waals surface area contributed by atoms with Crippen LogP contribution in [0.15, 0.2) is 65.5 Å². The molecule has 8 heteroatoms. The zero-order chi connectivity index (χ0) is 24.6. The van der Waals surface area contributed by atoms with Crippen molar-refractivity contribution in [3.8, 4) is 5.69 Å². The van der Waals surface area contributed by atoms with Gasteiger partial charge in [-0.1, -0.05) is 43.8 Å². The van der Waals surface area contributed by atoms with Gasteiger partial charge in [0.2, 0.25) is 0 Å². The smallest absolute Gasteiger partial charge is 0.196 e. The molecule has 0 N–H and O–H groups in total. The van der Waals surface area contributed by atoms with Crippen LogP contribution in [0, 0.1) is 5.82 Å². The maximum Gasteiger partial charge on any atom is 0.196 e. The van der Waals surface area contributed by atoms with Gasteiger partial charge >= 0.3 is 0 Å². The third-order valence-electron chi connectivity index (χ3n) is 6.47. The van der Waals surface area contributed by atoms with Crippen LogP contribution in [0.25, 0.3) is 5.69 Å². The van der Waals surface area contributed by atoms with Crippen LogP contribution >= 0.6 is 11.8 Å². The molecule has 0 saturated heterocycles. The van der Waals surface area contributed by atoms with Crippen molar-refractivity contribution in [1.82, 2.24) is 19.7 Å². The van der Waals surface area contributed by atoms with Gasteiger partial charge in [0, 0.05) is 35.6 Å². The first-order chi connectivity index (χ1) is 16.1. The van der Waals surface area contributed by atoms with Gasteiger partial charge in [-0.3, -0.25) is 14.3 Å². The van der Waals surface area contributed by atoms with E-state index in [0.29, 0.717) is 5.16 Å². The molecule has 6 nitrogen and oxygen atoms in total. The molecule has 1 atom stereocenters. The summed E-state index contributed by atoms with van der Waals surface area (Å²) in [6.45, 7) is 6.31. The number of benzene rings is 2. The Morgan fingerprint density at radius 3 is 2.47 bits per heavy atom. The fourth-order valence-corrected chi connectivity index (χ4v) is 5.08. The van der Waals surface area contributed by atoms with E-state index in [-0.39, 0.29) is 28.8 Å². The normalized spacial score (nSPS) is 16.8. The highest BCUT2D eigenvalue weighted by Gasteiger charge is 2.38. The number of carbonyl (C=O) groups excluding carboxylic acids is 1. The minimum Gasteiger partial charge on any atom is -0.347 e. The number of para-hydroxylation sites is 1. The Balaban J connectivity index is 1.59. The lowest BCUT2D eigenvalue weighted by Gasteiger charge is -2.24. The van der Waals surface area contributed by atoms with Crippen molar-refractivity contribution in [3.63, 3.8) is 0 Å². The standard InChI is InChI=1S/C26H30FN5OS/c1-17(30(4)5)24-28-29-25(32(24)19-13-11-18(27)12-14-19)34-16-20(33)15-23-26(2,3)21-9-7-8-10-22(21)31(23)6/h7-15,17H,16H2,1-6H3/b23-15+. The lowest BCUT2D eigenvalue weighted by Crippen LogP contribution is -2.24. The zero-order valence-electron chi connectivity index (χ0n) is 20.4. The van der Waals surface area contributed by atoms with Gasteiger partial charge in [0.05, 0.1) is 11.8 Å². The van der Waals surface area contributed by atoms with E-state index in [1.807, 2.05) is 49.7 Å². The minimum absolute atomic E-state index is 0.00333. The lowest BCUT2D eigenvalue weighted by molar-refractivity contribution is -0.112. The molecule has 2 aromatic carbocycles. The third kappa shape index (κ3) is 4.40. The van der Waals surface area contributed by atoms with Crippen molar-refractivity contribution >= 4 is 23.2 Å². The predicted octanol–water partition coefficient (Wildman–Crippen LogP) is 5.00. The van der Waals surface area contributed by atoms with E-state index in [1.165, 1.54) is 29.5 Å². The molecule has 1 aliphatic rings. The Morgan fingerprint density at radius 2 is 1.82 bits per heavy atom. The summed E-state index contributed by atoms with van der Waals surface area (Å²) in [5, 5.41) is 9.37. The van der Waals surface area contributed by atoms with E-state index < -0.39 is 0 Å². The summed E-state index contributed by atoms with van der Waals surface area (Å²) in [5.74, 6) is 0.652. The van der Waals surface area contributed by atoms with Crippen molar-refractivity contribution in [2.75, 3.05) is 31.8 Å². The number of anilines is 1. The fraction of sp³-hybridized carbons (Fsp3) is 0.346. The highest BCUT2D eigenvalue weighted by Crippen LogP contribution is 2.46. The Kier molecular flexibility index (Phi) is 6.64. The number of likely N-dealkylation sites (N-methyl/N-ethyl adjacent to an activating group) is 1. The van der Waals surface area contributed by atoms with Gasteiger partial charge in [-0.15, -0.1) is 10.2 Å². The van der Waals surface area contributed by atoms with Gasteiger partial charge in [-0.05, 0) is 56.9 Å². The van der Waals surface area contributed by atoms with Gasteiger partial charge in [-0.2, -0.15) is 0 Å². The summed E-state index contributed by atoms with van der Waals surface area (Å²) in [6, 6.07) is 14.5. The highest BCUT2D eigenvalue weighted by atomic mass is 32.2. The number of rotatable bonds is 7. The zero-order valence-corrected chi connectivity index (χ0v) is 21.2. The molecule has 178 valence electrons. The first-order valence-electron chi connectivity index (χ1n) is 11.2. The van der Waals surface area contributed by atoms with Gasteiger partial charge in [0.1, 0.15) is 5.82 Å². The average Bonchev–Trinajstić information content (AvgIpc) is 3.31. The second-order valence-electron chi connectivity index (χ2n) is 9.28. The summed E-state index contributed by atoms with van der Waals surface area (Å²) in [6.07, 6.45) is 1.74. The van der Waals surface area contributed by atoms with E-state index in [0.717, 1.165) is 22.9 Å². The number of ketones is 1. The molecule has 34 heavy (non-hydrogen) atoms. The summed E-state index contributed by atoms with van der Waals surface area (Å²) in [7, 11) is 5.93. The topological polar surface area (TPSA) is 54.3 Å². The van der Waals surface area contributed by atoms with Crippen LogP contribution in [0.4, 0.5) is 10.1 Å². The lowest BCUT2D eigenvalue weighted by atomic mass is 9.83. The van der Waals surface area contributed by atoms with Crippen molar-refractivity contribution in [2.45, 2.75) is 37.4 Å². The van der Waals surface area contributed by atoms with Crippen molar-refractivity contribution in [3.05, 3.63) is 77.5 Å². The van der Waals surface area contributed by atoms with Crippen molar-refractivity contribution < 1.29 is 9.18 Å². The Labute approximate surface area is 204 Å². The fourth-order valence-electron chi connectivity index (χ4n) is 4.30. The van der Waals surface area contributed by atoms with Gasteiger partial charge in [-0.25, -0.2) is 4.39 Å². The number of allylic oxidation sites excluding steroid dienone is 2. The van der Waals surface area contributed by atoms with Crippen LogP contribution < -0.4 is 4.90 Å². The Hall–Kier alpha value is -2.97. The van der Waals surface area contributed by atoms with E-state index in [2.05, 4.69) is 41.1 Å². The van der Waals surface area contributed by atoms with E-state index in [1.54, 1.807) is 18.2 Å². The number of thioether (sulfide) groups is 1. The van der Waals surface area contributed by atoms with Gasteiger partial charge < -0.3 is 4.90 Å². The maximum absolute atomic E-state index is 13.5. The molecule has 0 spiro atoms. The molecule has 0 saturated carbocycles. The first-order valence-corrected chi connectivity index (χ1v) is 12.2. The van der Waals surface area contributed by atoms with Crippen LogP contribution in [0.2, 0.25) is 0 Å². The number of fused-ring (bicyclic) bond motifs is 1. The molecule has 0 radical (unpaired) electrons. The number of halogens is 1. The van der Waals surface area contributed by atoms with E-state index >= 15 is 0 Å². The first kappa shape index (κ1) is 24.2. The molecule has 0 bridgehead atoms. The van der Waals surface area contributed by atoms with Crippen molar-refractivity contribution in [2.24, 2.45) is 0 Å². The van der Waals surface area contributed by atoms with Crippen LogP contribution in [-0.2, 0) is 10.2 Å². The molecule has 0 amide bonds. The highest BCUT2D eigenvalue weighted by molar-refractivity contribution is 7.99. The SMILES string of the molecule is CC(c1nnc(SCC(=O)/C=C2/N(C)c3ccccc3C2(C)C)n1-c1ccc(F)cc1)N(C)C. The van der Waals surface area contributed by atoms with E-state index in [4.69, 9.17) is 0 Å². The molecule has 4 rings (SSSR count). The molecular weight excluding hydrogens is 449 g/mol. The number of aromatic nitrogens is 3. The summed E-state index contributed by atoms with van der Waals surface area (Å²) in [5.41, 5.74) is 3.81. The Morgan fingerprint density at radius 1 is 1.15 bits per heavy atom. The summed E-state index contributed by atoms with van der Waals surface area (Å²) < 4.78 is 15.4. The summed E-state index contributed by atoms with van der Waals surface area (Å²) in [4.78, 5) is 17.2. The molecule has 0 aliphatic carbocycles.